The molecule has 0 atom stereocenters. The van der Waals surface area contributed by atoms with Crippen molar-refractivity contribution in [2.75, 3.05) is 13.2 Å². The first kappa shape index (κ1) is 8.75. The highest BCUT2D eigenvalue weighted by molar-refractivity contribution is 8.04. The number of aliphatic hydroxyl groups excluding tert-OH is 2. The first-order chi connectivity index (χ1) is 4.41. The van der Waals surface area contributed by atoms with Crippen LogP contribution in [0.5, 0.6) is 0 Å². The molecule has 0 fully saturated rings. The number of rotatable bonds is 4. The Bertz CT molecular complexity index is 87.2. The van der Waals surface area contributed by atoms with Crippen molar-refractivity contribution in [1.82, 2.24) is 0 Å². The third-order valence-corrected chi connectivity index (χ3v) is 1.26. The molecule has 0 saturated heterocycles. The summed E-state index contributed by atoms with van der Waals surface area (Å²) in [4.78, 5) is 0. The van der Waals surface area contributed by atoms with Crippen LogP contribution >= 0.6 is 11.8 Å². The summed E-state index contributed by atoms with van der Waals surface area (Å²) in [5.41, 5.74) is 0. The summed E-state index contributed by atoms with van der Waals surface area (Å²) in [5, 5.41) is 20.0. The Hall–Kier alpha value is -0.250. The molecular weight excluding hydrogens is 136 g/mol. The molecule has 0 aromatic heterocycles. The van der Waals surface area contributed by atoms with Gasteiger partial charge in [-0.1, -0.05) is 12.2 Å². The van der Waals surface area contributed by atoms with Crippen LogP contribution in [0.25, 0.3) is 0 Å². The molecule has 0 spiro atoms. The zero-order valence-electron chi connectivity index (χ0n) is 5.03. The number of hydrogen-bond acceptors (Lipinski definition) is 3. The predicted octanol–water partition coefficient (Wildman–Crippen LogP) is 0.732. The summed E-state index contributed by atoms with van der Waals surface area (Å²) in [7, 11) is 0. The lowest BCUT2D eigenvalue weighted by atomic mass is 10.7. The summed E-state index contributed by atoms with van der Waals surface area (Å²) in [5.74, 6) is 0. The fourth-order valence-corrected chi connectivity index (χ4v) is 0.728. The fraction of sp³-hybridized carbons (Fsp3) is 0.333. The zero-order chi connectivity index (χ0) is 6.95. The van der Waals surface area contributed by atoms with E-state index >= 15 is 0 Å². The normalized spacial score (nSPS) is 11.8. The fourth-order valence-electron chi connectivity index (χ4n) is 0.243. The highest BCUT2D eigenvalue weighted by Crippen LogP contribution is 2.01. The number of hydrogen-bond donors (Lipinski definition) is 2. The highest BCUT2D eigenvalue weighted by atomic mass is 32.2. The van der Waals surface area contributed by atoms with E-state index in [0.29, 0.717) is 0 Å². The summed E-state index contributed by atoms with van der Waals surface area (Å²) < 4.78 is 0. The Morgan fingerprint density at radius 1 is 1.00 bits per heavy atom. The maximum Gasteiger partial charge on any atom is 0.0620 e. The minimum atomic E-state index is 0.0694. The van der Waals surface area contributed by atoms with Gasteiger partial charge < -0.3 is 10.2 Å². The molecule has 0 amide bonds. The molecule has 0 rings (SSSR count). The average Bonchev–Trinajstić information content (AvgIpc) is 1.89. The van der Waals surface area contributed by atoms with Crippen molar-refractivity contribution in [3.8, 4) is 0 Å². The molecule has 0 aliphatic heterocycles. The minimum absolute atomic E-state index is 0.0694. The van der Waals surface area contributed by atoms with E-state index in [9.17, 15) is 0 Å². The minimum Gasteiger partial charge on any atom is -0.392 e. The molecule has 0 aliphatic rings. The van der Waals surface area contributed by atoms with Crippen LogP contribution in [0.3, 0.4) is 0 Å². The van der Waals surface area contributed by atoms with Gasteiger partial charge in [-0.25, -0.2) is 0 Å². The van der Waals surface area contributed by atoms with Crippen molar-refractivity contribution >= 4 is 11.8 Å². The van der Waals surface area contributed by atoms with E-state index in [4.69, 9.17) is 10.2 Å². The number of thioether (sulfide) groups is 1. The molecule has 9 heavy (non-hydrogen) atoms. The van der Waals surface area contributed by atoms with E-state index in [1.54, 1.807) is 23.0 Å². The van der Waals surface area contributed by atoms with Crippen LogP contribution in [0, 0.1) is 0 Å². The molecule has 2 nitrogen and oxygen atoms in total. The lowest BCUT2D eigenvalue weighted by molar-refractivity contribution is 0.343. The molecule has 0 aromatic rings. The molecule has 2 N–H and O–H groups in total. The second kappa shape index (κ2) is 7.75. The lowest BCUT2D eigenvalue weighted by Crippen LogP contribution is -1.68. The van der Waals surface area contributed by atoms with E-state index in [0.717, 1.165) is 0 Å². The summed E-state index contributed by atoms with van der Waals surface area (Å²) >= 11 is 1.42. The van der Waals surface area contributed by atoms with Crippen molar-refractivity contribution in [2.24, 2.45) is 0 Å². The molecule has 0 radical (unpaired) electrons. The lowest BCUT2D eigenvalue weighted by Gasteiger charge is -1.79. The Balaban J connectivity index is 3.08. The van der Waals surface area contributed by atoms with Crippen molar-refractivity contribution in [3.05, 3.63) is 23.0 Å². The smallest absolute Gasteiger partial charge is 0.0620 e. The summed E-state index contributed by atoms with van der Waals surface area (Å²) in [6, 6.07) is 0. The van der Waals surface area contributed by atoms with Crippen LogP contribution in [0.1, 0.15) is 0 Å². The van der Waals surface area contributed by atoms with Gasteiger partial charge in [0, 0.05) is 0 Å². The van der Waals surface area contributed by atoms with Crippen LogP contribution in [-0.4, -0.2) is 23.4 Å². The van der Waals surface area contributed by atoms with Gasteiger partial charge in [0.2, 0.25) is 0 Å². The van der Waals surface area contributed by atoms with E-state index < -0.39 is 0 Å². The van der Waals surface area contributed by atoms with Crippen molar-refractivity contribution in [3.63, 3.8) is 0 Å². The van der Waals surface area contributed by atoms with Crippen LogP contribution in [0.2, 0.25) is 0 Å². The van der Waals surface area contributed by atoms with Gasteiger partial charge in [-0.2, -0.15) is 0 Å². The second-order valence-electron chi connectivity index (χ2n) is 1.24. The van der Waals surface area contributed by atoms with E-state index in [1.807, 2.05) is 0 Å². The predicted molar refractivity (Wildman–Crippen MR) is 40.0 cm³/mol. The van der Waals surface area contributed by atoms with Gasteiger partial charge in [0.05, 0.1) is 13.2 Å². The molecule has 0 saturated carbocycles. The third-order valence-electron chi connectivity index (χ3n) is 0.560. The maximum atomic E-state index is 8.25. The SMILES string of the molecule is OCC=CSC=CCO. The maximum absolute atomic E-state index is 8.25. The Morgan fingerprint density at radius 3 is 1.78 bits per heavy atom. The molecule has 0 bridgehead atoms. The van der Waals surface area contributed by atoms with Crippen LogP contribution in [0.15, 0.2) is 23.0 Å². The monoisotopic (exact) mass is 146 g/mol. The molecule has 0 aromatic carbocycles. The van der Waals surface area contributed by atoms with Crippen molar-refractivity contribution in [2.45, 2.75) is 0 Å². The first-order valence-electron chi connectivity index (χ1n) is 2.59. The second-order valence-corrected chi connectivity index (χ2v) is 2.06. The van der Waals surface area contributed by atoms with Crippen molar-refractivity contribution < 1.29 is 10.2 Å². The molecular formula is C6H10O2S. The van der Waals surface area contributed by atoms with Gasteiger partial charge in [0.15, 0.2) is 0 Å². The number of aliphatic hydroxyl groups is 2. The average molecular weight is 146 g/mol. The summed E-state index contributed by atoms with van der Waals surface area (Å²) in [6.07, 6.45) is 3.26. The quantitative estimate of drug-likeness (QED) is 0.614. The standard InChI is InChI=1S/C6H10O2S/c7-3-1-5-9-6-2-4-8/h1-2,5-8H,3-4H2. The molecule has 0 unspecified atom stereocenters. The van der Waals surface area contributed by atoms with Crippen LogP contribution in [0.4, 0.5) is 0 Å². The van der Waals surface area contributed by atoms with Gasteiger partial charge in [0.1, 0.15) is 0 Å². The summed E-state index contributed by atoms with van der Waals surface area (Å²) in [6.45, 7) is 0.139. The molecule has 52 valence electrons. The van der Waals surface area contributed by atoms with Gasteiger partial charge in [-0.15, -0.1) is 11.8 Å². The molecule has 3 heteroatoms. The van der Waals surface area contributed by atoms with E-state index in [2.05, 4.69) is 0 Å². The third kappa shape index (κ3) is 7.75. The van der Waals surface area contributed by atoms with Gasteiger partial charge in [-0.3, -0.25) is 0 Å². The van der Waals surface area contributed by atoms with Crippen LogP contribution in [-0.2, 0) is 0 Å². The van der Waals surface area contributed by atoms with Gasteiger partial charge in [-0.05, 0) is 10.8 Å². The highest BCUT2D eigenvalue weighted by Gasteiger charge is 1.69. The van der Waals surface area contributed by atoms with Gasteiger partial charge in [0.25, 0.3) is 0 Å². The topological polar surface area (TPSA) is 40.5 Å². The Kier molecular flexibility index (Phi) is 7.53. The van der Waals surface area contributed by atoms with Crippen LogP contribution < -0.4 is 0 Å². The Morgan fingerprint density at radius 2 is 1.44 bits per heavy atom. The van der Waals surface area contributed by atoms with E-state index in [1.165, 1.54) is 11.8 Å². The Labute approximate surface area is 58.9 Å². The zero-order valence-corrected chi connectivity index (χ0v) is 5.84. The largest absolute Gasteiger partial charge is 0.392 e. The molecule has 0 heterocycles. The molecule has 0 aliphatic carbocycles. The first-order valence-corrected chi connectivity index (χ1v) is 3.53. The van der Waals surface area contributed by atoms with E-state index in [-0.39, 0.29) is 13.2 Å². The van der Waals surface area contributed by atoms with Crippen molar-refractivity contribution in [1.29, 1.82) is 0 Å². The van der Waals surface area contributed by atoms with Gasteiger partial charge >= 0.3 is 0 Å².